The average molecular weight is 380 g/mol. The van der Waals surface area contributed by atoms with E-state index in [1.54, 1.807) is 6.07 Å². The number of carbonyl (C=O) groups is 1. The molecule has 0 fully saturated rings. The fraction of sp³-hybridized carbons (Fsp3) is 0.696. The lowest BCUT2D eigenvalue weighted by molar-refractivity contribution is 0.0692. The zero-order valence-electron chi connectivity index (χ0n) is 17.2. The van der Waals surface area contributed by atoms with E-state index < -0.39 is 11.8 Å². The first-order valence-electron chi connectivity index (χ1n) is 10.8. The maximum absolute atomic E-state index is 13.6. The molecule has 27 heavy (non-hydrogen) atoms. The van der Waals surface area contributed by atoms with E-state index in [9.17, 15) is 9.18 Å². The van der Waals surface area contributed by atoms with Crippen molar-refractivity contribution >= 4 is 11.7 Å². The Balaban J connectivity index is 1.91. The van der Waals surface area contributed by atoms with Gasteiger partial charge in [0.15, 0.2) is 0 Å². The standard InChI is InChI=1S/C23H38FNO2/c1-19(2)14-12-10-8-6-4-3-5-7-9-11-13-17-25-20-15-16-21(23(26)27)22(24)18-20/h15-16,18-19,25H,3-14,17H2,1-2H3,(H,26,27). The van der Waals surface area contributed by atoms with Crippen molar-refractivity contribution < 1.29 is 14.3 Å². The van der Waals surface area contributed by atoms with Crippen LogP contribution >= 0.6 is 0 Å². The van der Waals surface area contributed by atoms with Crippen molar-refractivity contribution in [1.29, 1.82) is 0 Å². The van der Waals surface area contributed by atoms with E-state index >= 15 is 0 Å². The third-order valence-electron chi connectivity index (χ3n) is 4.99. The van der Waals surface area contributed by atoms with E-state index in [0.717, 1.165) is 18.9 Å². The van der Waals surface area contributed by atoms with E-state index in [2.05, 4.69) is 19.2 Å². The van der Waals surface area contributed by atoms with Gasteiger partial charge in [0.25, 0.3) is 0 Å². The minimum atomic E-state index is -1.23. The van der Waals surface area contributed by atoms with Gasteiger partial charge in [-0.05, 0) is 30.5 Å². The number of hydrogen-bond donors (Lipinski definition) is 2. The maximum atomic E-state index is 13.6. The number of rotatable bonds is 16. The first-order chi connectivity index (χ1) is 13.0. The summed E-state index contributed by atoms with van der Waals surface area (Å²) in [6.45, 7) is 5.39. The lowest BCUT2D eigenvalue weighted by Crippen LogP contribution is -2.04. The molecule has 0 bridgehead atoms. The summed E-state index contributed by atoms with van der Waals surface area (Å²) in [4.78, 5) is 10.8. The first-order valence-corrected chi connectivity index (χ1v) is 10.8. The quantitative estimate of drug-likeness (QED) is 0.297. The van der Waals surface area contributed by atoms with E-state index in [0.29, 0.717) is 5.69 Å². The van der Waals surface area contributed by atoms with E-state index in [1.165, 1.54) is 82.8 Å². The summed E-state index contributed by atoms with van der Waals surface area (Å²) in [5.41, 5.74) is 0.363. The number of unbranched alkanes of at least 4 members (excludes halogenated alkanes) is 10. The van der Waals surface area contributed by atoms with E-state index in [-0.39, 0.29) is 5.56 Å². The third-order valence-corrected chi connectivity index (χ3v) is 4.99. The van der Waals surface area contributed by atoms with E-state index in [1.807, 2.05) is 0 Å². The average Bonchev–Trinajstić information content (AvgIpc) is 2.61. The molecule has 0 amide bonds. The van der Waals surface area contributed by atoms with Gasteiger partial charge in [-0.25, -0.2) is 9.18 Å². The molecule has 154 valence electrons. The minimum absolute atomic E-state index is 0.281. The van der Waals surface area contributed by atoms with E-state index in [4.69, 9.17) is 5.11 Å². The Labute approximate surface area is 164 Å². The van der Waals surface area contributed by atoms with Crippen LogP contribution in [0.3, 0.4) is 0 Å². The maximum Gasteiger partial charge on any atom is 0.338 e. The fourth-order valence-corrected chi connectivity index (χ4v) is 3.30. The fourth-order valence-electron chi connectivity index (χ4n) is 3.30. The highest BCUT2D eigenvalue weighted by Gasteiger charge is 2.09. The highest BCUT2D eigenvalue weighted by atomic mass is 19.1. The number of carboxylic acid groups (broad SMARTS) is 1. The van der Waals surface area contributed by atoms with Crippen LogP contribution in [0.15, 0.2) is 18.2 Å². The molecule has 4 heteroatoms. The van der Waals surface area contributed by atoms with Crippen LogP contribution in [0.4, 0.5) is 10.1 Å². The molecule has 1 rings (SSSR count). The summed E-state index contributed by atoms with van der Waals surface area (Å²) in [5, 5.41) is 12.0. The number of carboxylic acids is 1. The second kappa shape index (κ2) is 14.5. The second-order valence-electron chi connectivity index (χ2n) is 8.00. The summed E-state index contributed by atoms with van der Waals surface area (Å²) in [7, 11) is 0. The summed E-state index contributed by atoms with van der Waals surface area (Å²) in [5.74, 6) is -1.07. The molecular weight excluding hydrogens is 341 g/mol. The Hall–Kier alpha value is -1.58. The smallest absolute Gasteiger partial charge is 0.338 e. The van der Waals surface area contributed by atoms with Crippen molar-refractivity contribution in [3.8, 4) is 0 Å². The summed E-state index contributed by atoms with van der Waals surface area (Å²) >= 11 is 0. The van der Waals surface area contributed by atoms with Crippen molar-refractivity contribution in [3.05, 3.63) is 29.6 Å². The highest BCUT2D eigenvalue weighted by molar-refractivity contribution is 5.88. The molecule has 0 heterocycles. The molecule has 0 spiro atoms. The van der Waals surface area contributed by atoms with Crippen molar-refractivity contribution in [3.63, 3.8) is 0 Å². The van der Waals surface area contributed by atoms with Crippen LogP contribution in [0.25, 0.3) is 0 Å². The van der Waals surface area contributed by atoms with Gasteiger partial charge < -0.3 is 10.4 Å². The normalized spacial score (nSPS) is 11.1. The third kappa shape index (κ3) is 11.7. The predicted octanol–water partition coefficient (Wildman–Crippen LogP) is 7.27. The lowest BCUT2D eigenvalue weighted by Gasteiger charge is -2.07. The zero-order valence-corrected chi connectivity index (χ0v) is 17.2. The van der Waals surface area contributed by atoms with Gasteiger partial charge in [-0.3, -0.25) is 0 Å². The molecule has 0 saturated heterocycles. The minimum Gasteiger partial charge on any atom is -0.478 e. The van der Waals surface area contributed by atoms with Gasteiger partial charge in [0, 0.05) is 12.2 Å². The number of nitrogens with one attached hydrogen (secondary N) is 1. The molecule has 2 N–H and O–H groups in total. The number of hydrogen-bond acceptors (Lipinski definition) is 2. The predicted molar refractivity (Wildman–Crippen MR) is 112 cm³/mol. The molecule has 3 nitrogen and oxygen atoms in total. The SMILES string of the molecule is CC(C)CCCCCCCCCCCCCNc1ccc(C(=O)O)c(F)c1. The van der Waals surface area contributed by atoms with Gasteiger partial charge in [-0.15, -0.1) is 0 Å². The molecule has 0 aliphatic carbocycles. The topological polar surface area (TPSA) is 49.3 Å². The first kappa shape index (κ1) is 23.5. The van der Waals surface area contributed by atoms with Gasteiger partial charge in [0.05, 0.1) is 5.56 Å². The van der Waals surface area contributed by atoms with Crippen molar-refractivity contribution in [2.24, 2.45) is 5.92 Å². The highest BCUT2D eigenvalue weighted by Crippen LogP contribution is 2.16. The second-order valence-corrected chi connectivity index (χ2v) is 8.00. The molecule has 1 aromatic carbocycles. The number of benzene rings is 1. The molecule has 0 unspecified atom stereocenters. The summed E-state index contributed by atoms with van der Waals surface area (Å²) in [6.07, 6.45) is 15.8. The van der Waals surface area contributed by atoms with Crippen LogP contribution in [0, 0.1) is 11.7 Å². The van der Waals surface area contributed by atoms with Gasteiger partial charge in [-0.1, -0.05) is 84.5 Å². The molecule has 0 radical (unpaired) electrons. The van der Waals surface area contributed by atoms with Crippen LogP contribution in [0.5, 0.6) is 0 Å². The zero-order chi connectivity index (χ0) is 19.9. The van der Waals surface area contributed by atoms with Crippen LogP contribution < -0.4 is 5.32 Å². The number of halogens is 1. The Morgan fingerprint density at radius 3 is 1.93 bits per heavy atom. The van der Waals surface area contributed by atoms with Crippen LogP contribution in [-0.2, 0) is 0 Å². The Bertz CT molecular complexity index is 531. The van der Waals surface area contributed by atoms with Crippen molar-refractivity contribution in [2.45, 2.75) is 90.9 Å². The van der Waals surface area contributed by atoms with Gasteiger partial charge in [-0.2, -0.15) is 0 Å². The molecule has 0 atom stereocenters. The molecule has 1 aromatic rings. The van der Waals surface area contributed by atoms with Crippen molar-refractivity contribution in [1.82, 2.24) is 0 Å². The van der Waals surface area contributed by atoms with Gasteiger partial charge >= 0.3 is 5.97 Å². The van der Waals surface area contributed by atoms with Crippen LogP contribution in [-0.4, -0.2) is 17.6 Å². The van der Waals surface area contributed by atoms with Crippen molar-refractivity contribution in [2.75, 3.05) is 11.9 Å². The Morgan fingerprint density at radius 1 is 0.926 bits per heavy atom. The van der Waals surface area contributed by atoms with Gasteiger partial charge in [0.2, 0.25) is 0 Å². The van der Waals surface area contributed by atoms with Crippen LogP contribution in [0.1, 0.15) is 101 Å². The summed E-state index contributed by atoms with van der Waals surface area (Å²) < 4.78 is 13.6. The monoisotopic (exact) mass is 379 g/mol. The molecule has 0 aliphatic heterocycles. The van der Waals surface area contributed by atoms with Crippen LogP contribution in [0.2, 0.25) is 0 Å². The number of aromatic carboxylic acids is 1. The molecular formula is C23H38FNO2. The van der Waals surface area contributed by atoms with Gasteiger partial charge in [0.1, 0.15) is 5.82 Å². The number of anilines is 1. The molecule has 0 aromatic heterocycles. The largest absolute Gasteiger partial charge is 0.478 e. The summed E-state index contributed by atoms with van der Waals surface area (Å²) in [6, 6.07) is 4.19. The lowest BCUT2D eigenvalue weighted by atomic mass is 10.0. The molecule has 0 aliphatic rings. The Morgan fingerprint density at radius 2 is 1.44 bits per heavy atom. The Kier molecular flexibility index (Phi) is 12.6. The molecule has 0 saturated carbocycles.